The number of ether oxygens (including phenoxy) is 2. The molecule has 2 heterocycles. The SMILES string of the molecule is Cl.O=Cc1cc(CN2CCOCC2)c(O)c(CN2CCOCC2)c1O. The number of phenols is 2. The van der Waals surface area contributed by atoms with Crippen molar-refractivity contribution < 1.29 is 24.5 Å². The number of nitrogens with zero attached hydrogens (tertiary/aromatic N) is 2. The molecular formula is C17H25ClN2O5. The van der Waals surface area contributed by atoms with E-state index in [1.165, 1.54) is 0 Å². The van der Waals surface area contributed by atoms with Crippen LogP contribution in [0.5, 0.6) is 11.5 Å². The molecule has 2 saturated heterocycles. The number of morpholine rings is 2. The first-order valence-corrected chi connectivity index (χ1v) is 8.31. The van der Waals surface area contributed by atoms with Crippen molar-refractivity contribution >= 4 is 18.7 Å². The maximum atomic E-state index is 11.3. The minimum absolute atomic E-state index is 0. The van der Waals surface area contributed by atoms with E-state index in [9.17, 15) is 15.0 Å². The number of halogens is 1. The molecule has 7 nitrogen and oxygen atoms in total. The van der Waals surface area contributed by atoms with Crippen LogP contribution in [0.25, 0.3) is 0 Å². The van der Waals surface area contributed by atoms with Crippen molar-refractivity contribution in [2.24, 2.45) is 0 Å². The fraction of sp³-hybridized carbons (Fsp3) is 0.588. The van der Waals surface area contributed by atoms with Gasteiger partial charge in [0.15, 0.2) is 6.29 Å². The highest BCUT2D eigenvalue weighted by atomic mass is 35.5. The van der Waals surface area contributed by atoms with Gasteiger partial charge in [-0.2, -0.15) is 0 Å². The molecule has 1 aromatic carbocycles. The summed E-state index contributed by atoms with van der Waals surface area (Å²) < 4.78 is 10.7. The molecule has 1 aromatic rings. The van der Waals surface area contributed by atoms with Crippen molar-refractivity contribution in [1.82, 2.24) is 9.80 Å². The van der Waals surface area contributed by atoms with Gasteiger partial charge in [0.2, 0.25) is 0 Å². The summed E-state index contributed by atoms with van der Waals surface area (Å²) in [4.78, 5) is 15.6. The largest absolute Gasteiger partial charge is 0.507 e. The molecule has 0 radical (unpaired) electrons. The molecule has 0 aliphatic carbocycles. The number of carbonyl (C=O) groups excluding carboxylic acids is 1. The number of aldehydes is 1. The molecule has 25 heavy (non-hydrogen) atoms. The van der Waals surface area contributed by atoms with Gasteiger partial charge in [-0.15, -0.1) is 12.4 Å². The Morgan fingerprint density at radius 3 is 1.96 bits per heavy atom. The first kappa shape index (κ1) is 19.9. The average Bonchev–Trinajstić information content (AvgIpc) is 2.63. The predicted molar refractivity (Wildman–Crippen MR) is 94.6 cm³/mol. The Bertz CT molecular complexity index is 587. The van der Waals surface area contributed by atoms with E-state index in [-0.39, 0.29) is 29.5 Å². The zero-order chi connectivity index (χ0) is 16.9. The Balaban J connectivity index is 0.00000225. The van der Waals surface area contributed by atoms with Crippen LogP contribution in [0.1, 0.15) is 21.5 Å². The fourth-order valence-electron chi connectivity index (χ4n) is 3.15. The molecule has 8 heteroatoms. The standard InChI is InChI=1S/C17H24N2O5.ClH/c20-12-14-9-13(10-18-1-5-23-6-2-18)16(21)15(17(14)22)11-19-3-7-24-8-4-19;/h9,12,21-22H,1-8,10-11H2;1H. The van der Waals surface area contributed by atoms with Crippen LogP contribution in [0.2, 0.25) is 0 Å². The fourth-order valence-corrected chi connectivity index (χ4v) is 3.15. The van der Waals surface area contributed by atoms with E-state index in [2.05, 4.69) is 9.80 Å². The van der Waals surface area contributed by atoms with E-state index >= 15 is 0 Å². The van der Waals surface area contributed by atoms with Gasteiger partial charge < -0.3 is 19.7 Å². The molecule has 2 aliphatic rings. The molecule has 0 amide bonds. The van der Waals surface area contributed by atoms with Crippen LogP contribution in [-0.4, -0.2) is 78.9 Å². The zero-order valence-electron chi connectivity index (χ0n) is 14.1. The highest BCUT2D eigenvalue weighted by molar-refractivity contribution is 5.85. The maximum Gasteiger partial charge on any atom is 0.153 e. The van der Waals surface area contributed by atoms with Gasteiger partial charge in [-0.3, -0.25) is 14.6 Å². The first-order chi connectivity index (χ1) is 11.7. The molecule has 0 aromatic heterocycles. The predicted octanol–water partition coefficient (Wildman–Crippen LogP) is 0.996. The van der Waals surface area contributed by atoms with Gasteiger partial charge in [-0.1, -0.05) is 0 Å². The summed E-state index contributed by atoms with van der Waals surface area (Å²) in [6.45, 7) is 6.59. The molecule has 0 atom stereocenters. The second-order valence-corrected chi connectivity index (χ2v) is 6.20. The van der Waals surface area contributed by atoms with Gasteiger partial charge in [0.25, 0.3) is 0 Å². The maximum absolute atomic E-state index is 11.3. The van der Waals surface area contributed by atoms with Crippen LogP contribution in [-0.2, 0) is 22.6 Å². The minimum Gasteiger partial charge on any atom is -0.507 e. The molecule has 2 aliphatic heterocycles. The van der Waals surface area contributed by atoms with Crippen LogP contribution in [0, 0.1) is 0 Å². The van der Waals surface area contributed by atoms with Crippen molar-refractivity contribution in [2.45, 2.75) is 13.1 Å². The third kappa shape index (κ3) is 4.83. The molecule has 0 saturated carbocycles. The van der Waals surface area contributed by atoms with E-state index < -0.39 is 0 Å². The number of hydrogen-bond donors (Lipinski definition) is 2. The summed E-state index contributed by atoms with van der Waals surface area (Å²) >= 11 is 0. The summed E-state index contributed by atoms with van der Waals surface area (Å²) in [5, 5.41) is 21.0. The lowest BCUT2D eigenvalue weighted by molar-refractivity contribution is 0.0325. The first-order valence-electron chi connectivity index (χ1n) is 8.31. The highest BCUT2D eigenvalue weighted by Crippen LogP contribution is 2.35. The smallest absolute Gasteiger partial charge is 0.153 e. The molecule has 0 unspecified atom stereocenters. The molecule has 140 valence electrons. The Kier molecular flexibility index (Phi) is 7.46. The number of benzene rings is 1. The van der Waals surface area contributed by atoms with E-state index in [0.29, 0.717) is 56.9 Å². The van der Waals surface area contributed by atoms with Gasteiger partial charge in [0.1, 0.15) is 11.5 Å². The van der Waals surface area contributed by atoms with Crippen LogP contribution < -0.4 is 0 Å². The second-order valence-electron chi connectivity index (χ2n) is 6.20. The molecule has 2 N–H and O–H groups in total. The Morgan fingerprint density at radius 2 is 1.44 bits per heavy atom. The molecule has 2 fully saturated rings. The van der Waals surface area contributed by atoms with Gasteiger partial charge in [0, 0.05) is 44.8 Å². The van der Waals surface area contributed by atoms with Crippen molar-refractivity contribution in [3.8, 4) is 11.5 Å². The van der Waals surface area contributed by atoms with Crippen molar-refractivity contribution in [3.63, 3.8) is 0 Å². The van der Waals surface area contributed by atoms with Crippen LogP contribution in [0.4, 0.5) is 0 Å². The summed E-state index contributed by atoms with van der Waals surface area (Å²) in [7, 11) is 0. The van der Waals surface area contributed by atoms with Gasteiger partial charge in [-0.25, -0.2) is 0 Å². The molecule has 0 spiro atoms. The highest BCUT2D eigenvalue weighted by Gasteiger charge is 2.22. The lowest BCUT2D eigenvalue weighted by atomic mass is 10.0. The van der Waals surface area contributed by atoms with Crippen molar-refractivity contribution in [2.75, 3.05) is 52.6 Å². The lowest BCUT2D eigenvalue weighted by Crippen LogP contribution is -2.36. The summed E-state index contributed by atoms with van der Waals surface area (Å²) in [5.41, 5.74) is 1.31. The Morgan fingerprint density at radius 1 is 0.920 bits per heavy atom. The quantitative estimate of drug-likeness (QED) is 0.746. The third-order valence-corrected chi connectivity index (χ3v) is 4.59. The average molecular weight is 373 g/mol. The van der Waals surface area contributed by atoms with Crippen molar-refractivity contribution in [1.29, 1.82) is 0 Å². The van der Waals surface area contributed by atoms with E-state index in [4.69, 9.17) is 9.47 Å². The molecular weight excluding hydrogens is 348 g/mol. The van der Waals surface area contributed by atoms with Crippen LogP contribution in [0.3, 0.4) is 0 Å². The topological polar surface area (TPSA) is 82.5 Å². The minimum atomic E-state index is -0.125. The normalized spacial score (nSPS) is 19.4. The number of phenolic OH excluding ortho intramolecular Hbond substituents is 2. The Labute approximate surface area is 153 Å². The number of aromatic hydroxyl groups is 2. The third-order valence-electron chi connectivity index (χ3n) is 4.59. The lowest BCUT2D eigenvalue weighted by Gasteiger charge is -2.29. The molecule has 3 rings (SSSR count). The van der Waals surface area contributed by atoms with E-state index in [1.54, 1.807) is 6.07 Å². The van der Waals surface area contributed by atoms with Gasteiger partial charge in [0.05, 0.1) is 37.6 Å². The monoisotopic (exact) mass is 372 g/mol. The van der Waals surface area contributed by atoms with Crippen LogP contribution in [0.15, 0.2) is 6.07 Å². The van der Waals surface area contributed by atoms with Crippen molar-refractivity contribution in [3.05, 3.63) is 22.8 Å². The van der Waals surface area contributed by atoms with Crippen LogP contribution >= 0.6 is 12.4 Å². The van der Waals surface area contributed by atoms with Gasteiger partial charge in [-0.05, 0) is 6.07 Å². The number of rotatable bonds is 5. The summed E-state index contributed by atoms with van der Waals surface area (Å²) in [5.74, 6) is -0.0456. The Hall–Kier alpha value is -1.38. The zero-order valence-corrected chi connectivity index (χ0v) is 15.0. The second kappa shape index (κ2) is 9.35. The molecule has 0 bridgehead atoms. The number of carbonyl (C=O) groups is 1. The van der Waals surface area contributed by atoms with E-state index in [0.717, 1.165) is 26.2 Å². The summed E-state index contributed by atoms with van der Waals surface area (Å²) in [6.07, 6.45) is 0.639. The van der Waals surface area contributed by atoms with E-state index in [1.807, 2.05) is 0 Å². The number of hydrogen-bond acceptors (Lipinski definition) is 7. The summed E-state index contributed by atoms with van der Waals surface area (Å²) in [6, 6.07) is 1.58. The van der Waals surface area contributed by atoms with Gasteiger partial charge >= 0.3 is 0 Å².